The van der Waals surface area contributed by atoms with Crippen LogP contribution in [0.3, 0.4) is 0 Å². The topological polar surface area (TPSA) is 83.8 Å². The minimum Gasteiger partial charge on any atom is -0.450 e. The third kappa shape index (κ3) is 7.48. The SMILES string of the molecule is CC[C@H](C)[C@@H](NC(=O)/C=C/c1ccc(Br)o1)C(=O)NCCN1CCOCC1. The number of hydrogen-bond acceptors (Lipinski definition) is 5. The molecule has 0 bridgehead atoms. The van der Waals surface area contributed by atoms with Gasteiger partial charge in [0.25, 0.3) is 0 Å². The summed E-state index contributed by atoms with van der Waals surface area (Å²) in [5.74, 6) is 0.117. The zero-order valence-corrected chi connectivity index (χ0v) is 17.5. The lowest BCUT2D eigenvalue weighted by Crippen LogP contribution is -2.51. The Morgan fingerprint density at radius 3 is 2.70 bits per heavy atom. The first-order valence-corrected chi connectivity index (χ1v) is 10.1. The summed E-state index contributed by atoms with van der Waals surface area (Å²) in [7, 11) is 0. The van der Waals surface area contributed by atoms with E-state index in [2.05, 4.69) is 31.5 Å². The molecule has 150 valence electrons. The molecule has 27 heavy (non-hydrogen) atoms. The first-order valence-electron chi connectivity index (χ1n) is 9.31. The highest BCUT2D eigenvalue weighted by atomic mass is 79.9. The van der Waals surface area contributed by atoms with Crippen LogP contribution in [-0.4, -0.2) is 62.1 Å². The van der Waals surface area contributed by atoms with Gasteiger partial charge in [-0.1, -0.05) is 20.3 Å². The highest BCUT2D eigenvalue weighted by molar-refractivity contribution is 9.10. The fourth-order valence-corrected chi connectivity index (χ4v) is 3.07. The normalized spacial score (nSPS) is 17.6. The van der Waals surface area contributed by atoms with Crippen LogP contribution in [0.5, 0.6) is 0 Å². The zero-order valence-electron chi connectivity index (χ0n) is 15.9. The Morgan fingerprint density at radius 2 is 2.07 bits per heavy atom. The number of hydrogen-bond donors (Lipinski definition) is 2. The van der Waals surface area contributed by atoms with Crippen molar-refractivity contribution in [1.82, 2.24) is 15.5 Å². The van der Waals surface area contributed by atoms with E-state index in [1.807, 2.05) is 13.8 Å². The second kappa shape index (κ2) is 11.3. The van der Waals surface area contributed by atoms with E-state index in [9.17, 15) is 9.59 Å². The van der Waals surface area contributed by atoms with Crippen molar-refractivity contribution in [2.45, 2.75) is 26.3 Å². The van der Waals surface area contributed by atoms with Gasteiger partial charge in [0.2, 0.25) is 11.8 Å². The summed E-state index contributed by atoms with van der Waals surface area (Å²) < 4.78 is 11.2. The average molecular weight is 442 g/mol. The minimum atomic E-state index is -0.569. The summed E-state index contributed by atoms with van der Waals surface area (Å²) in [6.45, 7) is 8.53. The van der Waals surface area contributed by atoms with Gasteiger partial charge in [0, 0.05) is 32.3 Å². The fraction of sp³-hybridized carbons (Fsp3) is 0.579. The van der Waals surface area contributed by atoms with Gasteiger partial charge in [-0.3, -0.25) is 14.5 Å². The van der Waals surface area contributed by atoms with Crippen molar-refractivity contribution in [2.24, 2.45) is 5.92 Å². The van der Waals surface area contributed by atoms with Gasteiger partial charge in [-0.05, 0) is 40.1 Å². The van der Waals surface area contributed by atoms with Gasteiger partial charge in [-0.15, -0.1) is 0 Å². The predicted molar refractivity (Wildman–Crippen MR) is 107 cm³/mol. The maximum absolute atomic E-state index is 12.6. The molecule has 1 aliphatic heterocycles. The van der Waals surface area contributed by atoms with Crippen molar-refractivity contribution in [1.29, 1.82) is 0 Å². The Hall–Kier alpha value is -1.64. The van der Waals surface area contributed by atoms with Crippen LogP contribution in [0.25, 0.3) is 6.08 Å². The summed E-state index contributed by atoms with van der Waals surface area (Å²) in [4.78, 5) is 27.1. The third-order valence-electron chi connectivity index (χ3n) is 4.62. The molecular formula is C19H28BrN3O4. The van der Waals surface area contributed by atoms with Crippen molar-refractivity contribution in [3.05, 3.63) is 28.6 Å². The van der Waals surface area contributed by atoms with Crippen LogP contribution < -0.4 is 10.6 Å². The summed E-state index contributed by atoms with van der Waals surface area (Å²) in [6.07, 6.45) is 3.74. The maximum Gasteiger partial charge on any atom is 0.244 e. The number of carbonyl (C=O) groups excluding carboxylic acids is 2. The van der Waals surface area contributed by atoms with Crippen LogP contribution in [0.2, 0.25) is 0 Å². The number of morpholine rings is 1. The molecule has 2 heterocycles. The van der Waals surface area contributed by atoms with Gasteiger partial charge in [-0.2, -0.15) is 0 Å². The van der Waals surface area contributed by atoms with Gasteiger partial charge >= 0.3 is 0 Å². The molecule has 7 nitrogen and oxygen atoms in total. The molecule has 2 N–H and O–H groups in total. The van der Waals surface area contributed by atoms with E-state index in [0.29, 0.717) is 17.0 Å². The molecule has 2 atom stereocenters. The number of carbonyl (C=O) groups is 2. The maximum atomic E-state index is 12.6. The van der Waals surface area contributed by atoms with E-state index in [0.717, 1.165) is 39.3 Å². The summed E-state index contributed by atoms with van der Waals surface area (Å²) in [6, 6.07) is 2.93. The second-order valence-corrected chi connectivity index (χ2v) is 7.37. The van der Waals surface area contributed by atoms with E-state index >= 15 is 0 Å². The Morgan fingerprint density at radius 1 is 1.33 bits per heavy atom. The zero-order chi connectivity index (χ0) is 19.6. The number of ether oxygens (including phenoxy) is 1. The summed E-state index contributed by atoms with van der Waals surface area (Å²) >= 11 is 3.22. The Kier molecular flexibility index (Phi) is 9.03. The lowest BCUT2D eigenvalue weighted by Gasteiger charge is -2.27. The van der Waals surface area contributed by atoms with Crippen molar-refractivity contribution >= 4 is 33.8 Å². The molecule has 1 saturated heterocycles. The Balaban J connectivity index is 1.84. The lowest BCUT2D eigenvalue weighted by atomic mass is 9.98. The van der Waals surface area contributed by atoms with Gasteiger partial charge in [0.15, 0.2) is 4.67 Å². The van der Waals surface area contributed by atoms with Gasteiger partial charge in [0.05, 0.1) is 13.2 Å². The second-order valence-electron chi connectivity index (χ2n) is 6.59. The molecule has 2 rings (SSSR count). The Labute approximate surface area is 168 Å². The molecule has 1 aromatic heterocycles. The molecule has 0 radical (unpaired) electrons. The standard InChI is InChI=1S/C19H28BrN3O4/c1-3-14(2)18(19(25)21-8-9-23-10-12-26-13-11-23)22-17(24)7-5-15-4-6-16(20)27-15/h4-7,14,18H,3,8-13H2,1-2H3,(H,21,25)(H,22,24)/b7-5+/t14-,18+/m0/s1. The smallest absolute Gasteiger partial charge is 0.244 e. The number of amides is 2. The van der Waals surface area contributed by atoms with Crippen LogP contribution >= 0.6 is 15.9 Å². The Bertz CT molecular complexity index is 641. The first kappa shape index (κ1) is 21.7. The minimum absolute atomic E-state index is 0.0310. The van der Waals surface area contributed by atoms with Crippen molar-refractivity contribution < 1.29 is 18.7 Å². The summed E-state index contributed by atoms with van der Waals surface area (Å²) in [5, 5.41) is 5.75. The number of rotatable bonds is 9. The van der Waals surface area contributed by atoms with E-state index in [-0.39, 0.29) is 17.7 Å². The van der Waals surface area contributed by atoms with Crippen LogP contribution in [0.1, 0.15) is 26.0 Å². The van der Waals surface area contributed by atoms with Crippen molar-refractivity contribution in [3.63, 3.8) is 0 Å². The molecule has 0 aromatic carbocycles. The molecule has 1 aliphatic rings. The number of halogens is 1. The number of nitrogens with one attached hydrogen (secondary N) is 2. The van der Waals surface area contributed by atoms with Crippen molar-refractivity contribution in [2.75, 3.05) is 39.4 Å². The molecular weight excluding hydrogens is 414 g/mol. The lowest BCUT2D eigenvalue weighted by molar-refractivity contribution is -0.128. The largest absolute Gasteiger partial charge is 0.450 e. The van der Waals surface area contributed by atoms with E-state index in [1.54, 1.807) is 18.2 Å². The van der Waals surface area contributed by atoms with E-state index in [4.69, 9.17) is 9.15 Å². The molecule has 1 aromatic rings. The predicted octanol–water partition coefficient (Wildman–Crippen LogP) is 2.03. The van der Waals surface area contributed by atoms with E-state index in [1.165, 1.54) is 6.08 Å². The highest BCUT2D eigenvalue weighted by Crippen LogP contribution is 2.15. The van der Waals surface area contributed by atoms with Crippen LogP contribution in [0.15, 0.2) is 27.3 Å². The third-order valence-corrected chi connectivity index (χ3v) is 5.04. The number of furan rings is 1. The molecule has 0 unspecified atom stereocenters. The first-order chi connectivity index (χ1) is 13.0. The quantitative estimate of drug-likeness (QED) is 0.572. The van der Waals surface area contributed by atoms with Gasteiger partial charge in [0.1, 0.15) is 11.8 Å². The number of nitrogens with zero attached hydrogens (tertiary/aromatic N) is 1. The van der Waals surface area contributed by atoms with Crippen LogP contribution in [-0.2, 0) is 14.3 Å². The molecule has 0 saturated carbocycles. The van der Waals surface area contributed by atoms with Crippen LogP contribution in [0, 0.1) is 5.92 Å². The van der Waals surface area contributed by atoms with E-state index < -0.39 is 6.04 Å². The van der Waals surface area contributed by atoms with Gasteiger partial charge in [-0.25, -0.2) is 0 Å². The van der Waals surface area contributed by atoms with Gasteiger partial charge < -0.3 is 19.8 Å². The van der Waals surface area contributed by atoms with Crippen LogP contribution in [0.4, 0.5) is 0 Å². The highest BCUT2D eigenvalue weighted by Gasteiger charge is 2.25. The monoisotopic (exact) mass is 441 g/mol. The summed E-state index contributed by atoms with van der Waals surface area (Å²) in [5.41, 5.74) is 0. The molecule has 0 spiro atoms. The molecule has 8 heteroatoms. The fourth-order valence-electron chi connectivity index (χ4n) is 2.75. The molecule has 2 amide bonds. The molecule has 0 aliphatic carbocycles. The average Bonchev–Trinajstić information content (AvgIpc) is 3.10. The molecule has 1 fully saturated rings. The van der Waals surface area contributed by atoms with Crippen molar-refractivity contribution in [3.8, 4) is 0 Å².